The van der Waals surface area contributed by atoms with E-state index < -0.39 is 0 Å². The number of benzene rings is 1. The first-order valence-corrected chi connectivity index (χ1v) is 12.6. The minimum absolute atomic E-state index is 0.0698. The summed E-state index contributed by atoms with van der Waals surface area (Å²) in [4.78, 5) is 23.3. The molecule has 1 amide bonds. The van der Waals surface area contributed by atoms with Crippen LogP contribution < -0.4 is 15.0 Å². The molecule has 6 nitrogen and oxygen atoms in total. The molecule has 182 valence electrons. The topological polar surface area (TPSA) is 67.4 Å². The van der Waals surface area contributed by atoms with Crippen molar-refractivity contribution in [1.82, 2.24) is 15.3 Å². The summed E-state index contributed by atoms with van der Waals surface area (Å²) in [6.07, 6.45) is 10.5. The molecule has 3 fully saturated rings. The average Bonchev–Trinajstić information content (AvgIpc) is 3.74. The van der Waals surface area contributed by atoms with Crippen LogP contribution in [0.25, 0.3) is 0 Å². The highest BCUT2D eigenvalue weighted by Crippen LogP contribution is 2.49. The number of nitrogens with one attached hydrogen (secondary N) is 1. The zero-order valence-corrected chi connectivity index (χ0v) is 20.2. The molecule has 1 aliphatic heterocycles. The normalized spacial score (nSPS) is 23.4. The summed E-state index contributed by atoms with van der Waals surface area (Å²) in [7, 11) is 0. The van der Waals surface area contributed by atoms with Crippen molar-refractivity contribution >= 4 is 11.9 Å². The number of nitrogens with zero attached hydrogens (tertiary/aromatic N) is 3. The Balaban J connectivity index is 1.02. The van der Waals surface area contributed by atoms with Crippen LogP contribution in [0, 0.1) is 30.5 Å². The predicted molar refractivity (Wildman–Crippen MR) is 129 cm³/mol. The fourth-order valence-electron chi connectivity index (χ4n) is 5.21. The van der Waals surface area contributed by atoms with Gasteiger partial charge in [-0.3, -0.25) is 4.79 Å². The van der Waals surface area contributed by atoms with Crippen molar-refractivity contribution in [3.05, 3.63) is 47.5 Å². The number of piperidine rings is 1. The van der Waals surface area contributed by atoms with Crippen LogP contribution in [-0.2, 0) is 11.2 Å². The number of hydrogen-bond donors (Lipinski definition) is 1. The van der Waals surface area contributed by atoms with Gasteiger partial charge in [0.25, 0.3) is 0 Å². The number of halogens is 1. The number of hydrogen-bond acceptors (Lipinski definition) is 5. The number of ether oxygens (including phenoxy) is 1. The standard InChI is InChI=1S/C27H35FN4O2/c1-18-16-29-26(30-17-18)32-10-5-19(6-11-32)23-13-20(23)7-12-34-22-4-3-21(24(28)15-22)14-25(33)31-27(2)8-9-27/h3-4,15-17,19-20,23H,5-14H2,1-2H3,(H,31,33)/t20-,23-/m1/s1. The molecule has 1 aromatic heterocycles. The molecule has 1 N–H and O–H groups in total. The molecule has 1 saturated heterocycles. The fraction of sp³-hybridized carbons (Fsp3) is 0.593. The smallest absolute Gasteiger partial charge is 0.225 e. The van der Waals surface area contributed by atoms with Crippen LogP contribution in [-0.4, -0.2) is 41.1 Å². The van der Waals surface area contributed by atoms with Gasteiger partial charge >= 0.3 is 0 Å². The fourth-order valence-corrected chi connectivity index (χ4v) is 5.21. The molecular formula is C27H35FN4O2. The number of aromatic nitrogens is 2. The zero-order valence-electron chi connectivity index (χ0n) is 20.2. The number of aryl methyl sites for hydroxylation is 1. The summed E-state index contributed by atoms with van der Waals surface area (Å²) >= 11 is 0. The summed E-state index contributed by atoms with van der Waals surface area (Å²) in [5.74, 6) is 3.17. The maximum atomic E-state index is 14.5. The second kappa shape index (κ2) is 9.51. The van der Waals surface area contributed by atoms with Crippen LogP contribution in [0.2, 0.25) is 0 Å². The number of rotatable bonds is 9. The Morgan fingerprint density at radius 3 is 2.65 bits per heavy atom. The largest absolute Gasteiger partial charge is 0.493 e. The van der Waals surface area contributed by atoms with Gasteiger partial charge in [-0.1, -0.05) is 6.07 Å². The van der Waals surface area contributed by atoms with Crippen molar-refractivity contribution in [3.8, 4) is 5.75 Å². The van der Waals surface area contributed by atoms with E-state index in [1.807, 2.05) is 26.2 Å². The van der Waals surface area contributed by atoms with Crippen LogP contribution in [0.5, 0.6) is 5.75 Å². The van der Waals surface area contributed by atoms with E-state index in [9.17, 15) is 9.18 Å². The van der Waals surface area contributed by atoms with Gasteiger partial charge in [0, 0.05) is 37.1 Å². The highest BCUT2D eigenvalue weighted by atomic mass is 19.1. The Kier molecular flexibility index (Phi) is 6.45. The van der Waals surface area contributed by atoms with Crippen molar-refractivity contribution in [2.45, 2.75) is 64.3 Å². The summed E-state index contributed by atoms with van der Waals surface area (Å²) in [6.45, 7) is 6.68. The Hall–Kier alpha value is -2.70. The summed E-state index contributed by atoms with van der Waals surface area (Å²) in [5.41, 5.74) is 1.42. The molecule has 3 aliphatic rings. The maximum absolute atomic E-state index is 14.5. The van der Waals surface area contributed by atoms with Crippen LogP contribution >= 0.6 is 0 Å². The monoisotopic (exact) mass is 466 g/mol. The van der Waals surface area contributed by atoms with Crippen LogP contribution in [0.4, 0.5) is 10.3 Å². The number of carbonyl (C=O) groups excluding carboxylic acids is 1. The Labute approximate surface area is 201 Å². The predicted octanol–water partition coefficient (Wildman–Crippen LogP) is 4.46. The maximum Gasteiger partial charge on any atom is 0.225 e. The molecule has 7 heteroatoms. The highest BCUT2D eigenvalue weighted by molar-refractivity contribution is 5.79. The van der Waals surface area contributed by atoms with E-state index in [1.54, 1.807) is 12.1 Å². The number of amides is 1. The lowest BCUT2D eigenvalue weighted by Gasteiger charge is -2.32. The summed E-state index contributed by atoms with van der Waals surface area (Å²) < 4.78 is 20.3. The Morgan fingerprint density at radius 2 is 1.97 bits per heavy atom. The van der Waals surface area contributed by atoms with E-state index in [-0.39, 0.29) is 23.7 Å². The Bertz CT molecular complexity index is 1020. The first-order valence-electron chi connectivity index (χ1n) is 12.6. The van der Waals surface area contributed by atoms with Crippen LogP contribution in [0.1, 0.15) is 56.6 Å². The van der Waals surface area contributed by atoms with Crippen molar-refractivity contribution in [1.29, 1.82) is 0 Å². The number of anilines is 1. The van der Waals surface area contributed by atoms with Gasteiger partial charge in [0.2, 0.25) is 11.9 Å². The summed E-state index contributed by atoms with van der Waals surface area (Å²) in [6, 6.07) is 4.86. The van der Waals surface area contributed by atoms with E-state index in [4.69, 9.17) is 4.74 Å². The van der Waals surface area contributed by atoms with Gasteiger partial charge in [0.15, 0.2) is 0 Å². The van der Waals surface area contributed by atoms with Crippen LogP contribution in [0.3, 0.4) is 0 Å². The van der Waals surface area contributed by atoms with Gasteiger partial charge in [-0.2, -0.15) is 0 Å². The van der Waals surface area contributed by atoms with E-state index in [2.05, 4.69) is 20.2 Å². The molecule has 2 aromatic rings. The molecule has 1 aromatic carbocycles. The minimum Gasteiger partial charge on any atom is -0.493 e. The molecule has 2 aliphatic carbocycles. The third-order valence-corrected chi connectivity index (χ3v) is 7.75. The molecule has 2 saturated carbocycles. The van der Waals surface area contributed by atoms with E-state index >= 15 is 0 Å². The average molecular weight is 467 g/mol. The second-order valence-electron chi connectivity index (χ2n) is 10.7. The lowest BCUT2D eigenvalue weighted by atomic mass is 9.90. The number of carbonyl (C=O) groups is 1. The molecule has 0 bridgehead atoms. The first-order chi connectivity index (χ1) is 16.4. The van der Waals surface area contributed by atoms with E-state index in [0.29, 0.717) is 23.8 Å². The minimum atomic E-state index is -0.373. The third kappa shape index (κ3) is 5.68. The molecule has 34 heavy (non-hydrogen) atoms. The Morgan fingerprint density at radius 1 is 1.24 bits per heavy atom. The third-order valence-electron chi connectivity index (χ3n) is 7.75. The molecule has 0 unspecified atom stereocenters. The SMILES string of the molecule is Cc1cnc(N2CCC([C@H]3C[C@H]3CCOc3ccc(CC(=O)NC4(C)CC4)c(F)c3)CC2)nc1. The van der Waals surface area contributed by atoms with Crippen molar-refractivity contribution in [2.24, 2.45) is 17.8 Å². The molecule has 0 spiro atoms. The molecule has 5 rings (SSSR count). The first kappa shape index (κ1) is 23.1. The van der Waals surface area contributed by atoms with E-state index in [1.165, 1.54) is 25.3 Å². The lowest BCUT2D eigenvalue weighted by Crippen LogP contribution is -2.35. The quantitative estimate of drug-likeness (QED) is 0.591. The highest BCUT2D eigenvalue weighted by Gasteiger charge is 2.43. The molecule has 0 radical (unpaired) electrons. The van der Waals surface area contributed by atoms with Crippen molar-refractivity contribution in [3.63, 3.8) is 0 Å². The van der Waals surface area contributed by atoms with Gasteiger partial charge in [-0.05, 0) is 87.3 Å². The zero-order chi connectivity index (χ0) is 23.7. The summed E-state index contributed by atoms with van der Waals surface area (Å²) in [5, 5.41) is 2.97. The van der Waals surface area contributed by atoms with Crippen LogP contribution in [0.15, 0.2) is 30.6 Å². The van der Waals surface area contributed by atoms with Gasteiger partial charge in [0.05, 0.1) is 13.0 Å². The van der Waals surface area contributed by atoms with E-state index in [0.717, 1.165) is 55.7 Å². The van der Waals surface area contributed by atoms with Gasteiger partial charge in [-0.25, -0.2) is 14.4 Å². The van der Waals surface area contributed by atoms with Gasteiger partial charge in [0.1, 0.15) is 11.6 Å². The second-order valence-corrected chi connectivity index (χ2v) is 10.7. The van der Waals surface area contributed by atoms with Crippen molar-refractivity contribution < 1.29 is 13.9 Å². The molecule has 2 heterocycles. The molecule has 2 atom stereocenters. The lowest BCUT2D eigenvalue weighted by molar-refractivity contribution is -0.121. The van der Waals surface area contributed by atoms with Gasteiger partial charge in [-0.15, -0.1) is 0 Å². The van der Waals surface area contributed by atoms with Crippen molar-refractivity contribution in [2.75, 3.05) is 24.6 Å². The molecular weight excluding hydrogens is 431 g/mol. The van der Waals surface area contributed by atoms with Gasteiger partial charge < -0.3 is 15.0 Å².